The Morgan fingerprint density at radius 2 is 1.78 bits per heavy atom. The molecular weight excluding hydrogens is 236 g/mol. The van der Waals surface area contributed by atoms with Crippen LogP contribution in [0.4, 0.5) is 8.78 Å². The van der Waals surface area contributed by atoms with Crippen molar-refractivity contribution in [2.75, 3.05) is 0 Å². The van der Waals surface area contributed by atoms with Crippen molar-refractivity contribution in [1.29, 1.82) is 0 Å². The maximum Gasteiger partial charge on any atom is 0.126 e. The number of aliphatic hydroxyl groups is 1. The van der Waals surface area contributed by atoms with Gasteiger partial charge in [-0.25, -0.2) is 8.78 Å². The van der Waals surface area contributed by atoms with E-state index in [1.165, 1.54) is 12.1 Å². The van der Waals surface area contributed by atoms with Crippen molar-refractivity contribution >= 4 is 0 Å². The molecule has 0 amide bonds. The second-order valence-corrected chi connectivity index (χ2v) is 5.05. The van der Waals surface area contributed by atoms with Gasteiger partial charge >= 0.3 is 0 Å². The van der Waals surface area contributed by atoms with E-state index in [1.54, 1.807) is 0 Å². The standard InChI is InChI=1S/C14H19F2NO/c1-9(10-6-11(15)8-12(16)7-10)17-13-4-2-3-5-14(13)18/h6-9,13-14,17-18H,2-5H2,1H3. The molecule has 3 unspecified atom stereocenters. The monoisotopic (exact) mass is 255 g/mol. The number of hydrogen-bond acceptors (Lipinski definition) is 2. The van der Waals surface area contributed by atoms with Gasteiger partial charge in [0.1, 0.15) is 11.6 Å². The lowest BCUT2D eigenvalue weighted by molar-refractivity contribution is 0.0859. The van der Waals surface area contributed by atoms with Crippen LogP contribution in [0.5, 0.6) is 0 Å². The molecule has 2 N–H and O–H groups in total. The van der Waals surface area contributed by atoms with E-state index in [1.807, 2.05) is 6.92 Å². The van der Waals surface area contributed by atoms with Crippen LogP contribution in [0.15, 0.2) is 18.2 Å². The average molecular weight is 255 g/mol. The van der Waals surface area contributed by atoms with Crippen LogP contribution < -0.4 is 5.32 Å². The van der Waals surface area contributed by atoms with Crippen molar-refractivity contribution in [3.05, 3.63) is 35.4 Å². The normalized spacial score (nSPS) is 26.0. The summed E-state index contributed by atoms with van der Waals surface area (Å²) in [7, 11) is 0. The molecular formula is C14H19F2NO. The summed E-state index contributed by atoms with van der Waals surface area (Å²) >= 11 is 0. The number of benzene rings is 1. The van der Waals surface area contributed by atoms with Crippen molar-refractivity contribution in [3.8, 4) is 0 Å². The molecule has 1 aromatic rings. The first-order valence-corrected chi connectivity index (χ1v) is 6.46. The van der Waals surface area contributed by atoms with E-state index < -0.39 is 11.6 Å². The summed E-state index contributed by atoms with van der Waals surface area (Å²) in [6.07, 6.45) is 3.46. The molecule has 0 spiro atoms. The molecule has 0 aliphatic heterocycles. The Morgan fingerprint density at radius 1 is 1.17 bits per heavy atom. The molecule has 100 valence electrons. The first kappa shape index (κ1) is 13.4. The Bertz CT molecular complexity index is 391. The Balaban J connectivity index is 2.04. The van der Waals surface area contributed by atoms with E-state index >= 15 is 0 Å². The molecule has 1 aliphatic rings. The summed E-state index contributed by atoms with van der Waals surface area (Å²) in [5.74, 6) is -1.13. The quantitative estimate of drug-likeness (QED) is 0.870. The maximum absolute atomic E-state index is 13.1. The Kier molecular flexibility index (Phi) is 4.30. The SMILES string of the molecule is CC(NC1CCCCC1O)c1cc(F)cc(F)c1. The second kappa shape index (κ2) is 5.76. The molecule has 0 saturated heterocycles. The van der Waals surface area contributed by atoms with Crippen LogP contribution in [-0.4, -0.2) is 17.3 Å². The van der Waals surface area contributed by atoms with Crippen molar-refractivity contribution in [1.82, 2.24) is 5.32 Å². The minimum Gasteiger partial charge on any atom is -0.392 e. The topological polar surface area (TPSA) is 32.3 Å². The molecule has 4 heteroatoms. The van der Waals surface area contributed by atoms with Crippen LogP contribution in [0.3, 0.4) is 0 Å². The second-order valence-electron chi connectivity index (χ2n) is 5.05. The van der Waals surface area contributed by atoms with Crippen molar-refractivity contribution in [3.63, 3.8) is 0 Å². The molecule has 0 radical (unpaired) electrons. The van der Waals surface area contributed by atoms with E-state index in [9.17, 15) is 13.9 Å². The van der Waals surface area contributed by atoms with Gasteiger partial charge in [-0.15, -0.1) is 0 Å². The Labute approximate surface area is 106 Å². The molecule has 0 aromatic heterocycles. The van der Waals surface area contributed by atoms with E-state index in [4.69, 9.17) is 0 Å². The third-order valence-electron chi connectivity index (χ3n) is 3.58. The zero-order valence-corrected chi connectivity index (χ0v) is 10.5. The predicted molar refractivity (Wildman–Crippen MR) is 66.2 cm³/mol. The first-order valence-electron chi connectivity index (χ1n) is 6.46. The molecule has 1 aliphatic carbocycles. The van der Waals surface area contributed by atoms with Crippen molar-refractivity contribution in [2.24, 2.45) is 0 Å². The summed E-state index contributed by atoms with van der Waals surface area (Å²) in [4.78, 5) is 0. The third-order valence-corrected chi connectivity index (χ3v) is 3.58. The fraction of sp³-hybridized carbons (Fsp3) is 0.571. The number of aliphatic hydroxyl groups excluding tert-OH is 1. The highest BCUT2D eigenvalue weighted by Gasteiger charge is 2.24. The van der Waals surface area contributed by atoms with Gasteiger partial charge in [0, 0.05) is 18.2 Å². The largest absolute Gasteiger partial charge is 0.392 e. The van der Waals surface area contributed by atoms with Crippen LogP contribution in [0.1, 0.15) is 44.2 Å². The van der Waals surface area contributed by atoms with Crippen LogP contribution in [0.25, 0.3) is 0 Å². The molecule has 0 heterocycles. The summed E-state index contributed by atoms with van der Waals surface area (Å²) in [6.45, 7) is 1.86. The molecule has 2 rings (SSSR count). The van der Waals surface area contributed by atoms with Gasteiger partial charge in [-0.2, -0.15) is 0 Å². The summed E-state index contributed by atoms with van der Waals surface area (Å²) in [5, 5.41) is 13.1. The molecule has 1 fully saturated rings. The average Bonchev–Trinajstić information content (AvgIpc) is 2.31. The summed E-state index contributed by atoms with van der Waals surface area (Å²) < 4.78 is 26.3. The van der Waals surface area contributed by atoms with Gasteiger partial charge in [-0.05, 0) is 37.5 Å². The lowest BCUT2D eigenvalue weighted by Gasteiger charge is -2.31. The zero-order valence-electron chi connectivity index (χ0n) is 10.5. The summed E-state index contributed by atoms with van der Waals surface area (Å²) in [6, 6.07) is 3.37. The fourth-order valence-corrected chi connectivity index (χ4v) is 2.55. The van der Waals surface area contributed by atoms with E-state index in [2.05, 4.69) is 5.32 Å². The predicted octanol–water partition coefficient (Wildman–Crippen LogP) is 2.92. The van der Waals surface area contributed by atoms with Gasteiger partial charge in [0.25, 0.3) is 0 Å². The molecule has 1 aromatic carbocycles. The van der Waals surface area contributed by atoms with Gasteiger partial charge in [0.2, 0.25) is 0 Å². The highest BCUT2D eigenvalue weighted by Crippen LogP contribution is 2.22. The molecule has 2 nitrogen and oxygen atoms in total. The zero-order chi connectivity index (χ0) is 13.1. The van der Waals surface area contributed by atoms with Gasteiger partial charge in [-0.3, -0.25) is 0 Å². The van der Waals surface area contributed by atoms with E-state index in [0.717, 1.165) is 31.7 Å². The third kappa shape index (κ3) is 3.27. The lowest BCUT2D eigenvalue weighted by Crippen LogP contribution is -2.43. The fourth-order valence-electron chi connectivity index (χ4n) is 2.55. The first-order chi connectivity index (χ1) is 8.56. The highest BCUT2D eigenvalue weighted by molar-refractivity contribution is 5.21. The minimum atomic E-state index is -0.567. The summed E-state index contributed by atoms with van der Waals surface area (Å²) in [5.41, 5.74) is 0.574. The molecule has 3 atom stereocenters. The van der Waals surface area contributed by atoms with E-state index in [0.29, 0.717) is 5.56 Å². The molecule has 0 bridgehead atoms. The van der Waals surface area contributed by atoms with Crippen LogP contribution in [0.2, 0.25) is 0 Å². The van der Waals surface area contributed by atoms with Gasteiger partial charge in [-0.1, -0.05) is 12.8 Å². The number of hydrogen-bond donors (Lipinski definition) is 2. The van der Waals surface area contributed by atoms with Gasteiger partial charge < -0.3 is 10.4 Å². The van der Waals surface area contributed by atoms with Crippen LogP contribution >= 0.6 is 0 Å². The van der Waals surface area contributed by atoms with Gasteiger partial charge in [0.05, 0.1) is 6.10 Å². The van der Waals surface area contributed by atoms with Gasteiger partial charge in [0.15, 0.2) is 0 Å². The number of rotatable bonds is 3. The Hall–Kier alpha value is -1.00. The maximum atomic E-state index is 13.1. The lowest BCUT2D eigenvalue weighted by atomic mass is 9.91. The smallest absolute Gasteiger partial charge is 0.126 e. The van der Waals surface area contributed by atoms with E-state index in [-0.39, 0.29) is 18.2 Å². The highest BCUT2D eigenvalue weighted by atomic mass is 19.1. The molecule has 1 saturated carbocycles. The van der Waals surface area contributed by atoms with Crippen LogP contribution in [-0.2, 0) is 0 Å². The van der Waals surface area contributed by atoms with Crippen molar-refractivity contribution < 1.29 is 13.9 Å². The minimum absolute atomic E-state index is 0.0140. The number of nitrogens with one attached hydrogen (secondary N) is 1. The molecule has 18 heavy (non-hydrogen) atoms. The Morgan fingerprint density at radius 3 is 2.39 bits per heavy atom. The van der Waals surface area contributed by atoms with Crippen molar-refractivity contribution in [2.45, 2.75) is 50.8 Å². The number of halogens is 2. The van der Waals surface area contributed by atoms with Crippen LogP contribution in [0, 0.1) is 11.6 Å².